The van der Waals surface area contributed by atoms with Crippen LogP contribution in [0, 0.1) is 18.6 Å². The van der Waals surface area contributed by atoms with Crippen LogP contribution in [0.2, 0.25) is 0 Å². The Labute approximate surface area is 129 Å². The third-order valence-electron chi connectivity index (χ3n) is 2.98. The SMILES string of the molecule is Cc1cc(C(=O)OCc2ccn(-c3ccc(F)cc3F)n2)on1. The van der Waals surface area contributed by atoms with Gasteiger partial charge in [-0.05, 0) is 25.1 Å². The summed E-state index contributed by atoms with van der Waals surface area (Å²) in [6.45, 7) is 1.56. The van der Waals surface area contributed by atoms with Gasteiger partial charge >= 0.3 is 5.97 Å². The highest BCUT2D eigenvalue weighted by atomic mass is 19.1. The molecule has 118 valence electrons. The summed E-state index contributed by atoms with van der Waals surface area (Å²) in [4.78, 5) is 11.7. The minimum Gasteiger partial charge on any atom is -0.453 e. The van der Waals surface area contributed by atoms with Crippen molar-refractivity contribution in [2.45, 2.75) is 13.5 Å². The first-order valence-electron chi connectivity index (χ1n) is 6.63. The Morgan fingerprint density at radius 2 is 2.13 bits per heavy atom. The number of carbonyl (C=O) groups excluding carboxylic acids is 1. The van der Waals surface area contributed by atoms with Crippen LogP contribution in [-0.4, -0.2) is 20.9 Å². The van der Waals surface area contributed by atoms with Crippen LogP contribution in [0.3, 0.4) is 0 Å². The number of carbonyl (C=O) groups is 1. The maximum Gasteiger partial charge on any atom is 0.377 e. The van der Waals surface area contributed by atoms with Crippen molar-refractivity contribution >= 4 is 5.97 Å². The fourth-order valence-electron chi connectivity index (χ4n) is 1.91. The number of halogens is 2. The zero-order valence-corrected chi connectivity index (χ0v) is 12.0. The molecule has 6 nitrogen and oxygen atoms in total. The molecular weight excluding hydrogens is 308 g/mol. The van der Waals surface area contributed by atoms with Crippen LogP contribution in [0.4, 0.5) is 8.78 Å². The number of benzene rings is 1. The maximum atomic E-state index is 13.7. The predicted molar refractivity (Wildman–Crippen MR) is 73.8 cm³/mol. The molecule has 2 aromatic heterocycles. The summed E-state index contributed by atoms with van der Waals surface area (Å²) in [5.41, 5.74) is 1.06. The second-order valence-electron chi connectivity index (χ2n) is 4.76. The van der Waals surface area contributed by atoms with E-state index in [1.165, 1.54) is 23.0 Å². The van der Waals surface area contributed by atoms with Crippen molar-refractivity contribution in [2.75, 3.05) is 0 Å². The number of esters is 1. The first-order chi connectivity index (χ1) is 11.0. The first kappa shape index (κ1) is 14.9. The van der Waals surface area contributed by atoms with Gasteiger partial charge in [-0.15, -0.1) is 0 Å². The van der Waals surface area contributed by atoms with E-state index in [0.29, 0.717) is 11.4 Å². The summed E-state index contributed by atoms with van der Waals surface area (Å²) in [7, 11) is 0. The fourth-order valence-corrected chi connectivity index (χ4v) is 1.91. The minimum atomic E-state index is -0.742. The molecule has 1 aromatic carbocycles. The minimum absolute atomic E-state index is 0.00786. The molecule has 0 radical (unpaired) electrons. The van der Waals surface area contributed by atoms with Crippen molar-refractivity contribution in [1.29, 1.82) is 0 Å². The molecule has 0 atom stereocenters. The van der Waals surface area contributed by atoms with Gasteiger partial charge in [-0.25, -0.2) is 18.3 Å². The van der Waals surface area contributed by atoms with Gasteiger partial charge in [-0.1, -0.05) is 5.16 Å². The summed E-state index contributed by atoms with van der Waals surface area (Å²) in [5.74, 6) is -2.09. The second-order valence-corrected chi connectivity index (χ2v) is 4.76. The lowest BCUT2D eigenvalue weighted by molar-refractivity contribution is 0.0420. The maximum absolute atomic E-state index is 13.7. The molecule has 3 aromatic rings. The van der Waals surface area contributed by atoms with Crippen LogP contribution in [0.5, 0.6) is 0 Å². The van der Waals surface area contributed by atoms with Gasteiger partial charge in [-0.2, -0.15) is 5.10 Å². The second kappa shape index (κ2) is 5.99. The zero-order valence-electron chi connectivity index (χ0n) is 12.0. The molecule has 0 aliphatic carbocycles. The fraction of sp³-hybridized carbons (Fsp3) is 0.133. The highest BCUT2D eigenvalue weighted by Crippen LogP contribution is 2.15. The Hall–Kier alpha value is -3.03. The normalized spacial score (nSPS) is 10.7. The van der Waals surface area contributed by atoms with Gasteiger partial charge in [0, 0.05) is 18.3 Å². The highest BCUT2D eigenvalue weighted by Gasteiger charge is 2.14. The van der Waals surface area contributed by atoms with Gasteiger partial charge in [0.2, 0.25) is 5.76 Å². The molecule has 0 N–H and O–H groups in total. The topological polar surface area (TPSA) is 70.2 Å². The molecule has 0 bridgehead atoms. The average molecular weight is 319 g/mol. The third kappa shape index (κ3) is 3.25. The van der Waals surface area contributed by atoms with Crippen LogP contribution >= 0.6 is 0 Å². The summed E-state index contributed by atoms with van der Waals surface area (Å²) >= 11 is 0. The van der Waals surface area contributed by atoms with Crippen molar-refractivity contribution in [3.63, 3.8) is 0 Å². The van der Waals surface area contributed by atoms with E-state index in [1.54, 1.807) is 13.0 Å². The number of aryl methyl sites for hydroxylation is 1. The zero-order chi connectivity index (χ0) is 16.4. The van der Waals surface area contributed by atoms with E-state index in [2.05, 4.69) is 10.3 Å². The number of rotatable bonds is 4. The molecule has 0 amide bonds. The molecule has 0 aliphatic heterocycles. The van der Waals surface area contributed by atoms with E-state index < -0.39 is 17.6 Å². The summed E-state index contributed by atoms with van der Waals surface area (Å²) in [6, 6.07) is 6.18. The predicted octanol–water partition coefficient (Wildman–Crippen LogP) is 2.80. The molecule has 3 rings (SSSR count). The van der Waals surface area contributed by atoms with E-state index in [9.17, 15) is 13.6 Å². The van der Waals surface area contributed by atoms with Gasteiger partial charge < -0.3 is 9.26 Å². The summed E-state index contributed by atoms with van der Waals surface area (Å²) in [5, 5.41) is 7.66. The number of hydrogen-bond acceptors (Lipinski definition) is 5. The molecule has 8 heteroatoms. The van der Waals surface area contributed by atoms with E-state index in [4.69, 9.17) is 9.26 Å². The van der Waals surface area contributed by atoms with Crippen LogP contribution in [-0.2, 0) is 11.3 Å². The Bertz CT molecular complexity index is 857. The molecule has 0 spiro atoms. The molecule has 0 aliphatic rings. The van der Waals surface area contributed by atoms with Crippen LogP contribution in [0.25, 0.3) is 5.69 Å². The third-order valence-corrected chi connectivity index (χ3v) is 2.98. The van der Waals surface area contributed by atoms with E-state index in [0.717, 1.165) is 12.1 Å². The molecular formula is C15H11F2N3O3. The largest absolute Gasteiger partial charge is 0.453 e. The van der Waals surface area contributed by atoms with Gasteiger partial charge in [0.15, 0.2) is 5.82 Å². The summed E-state index contributed by atoms with van der Waals surface area (Å²) < 4.78 is 37.6. The molecule has 23 heavy (non-hydrogen) atoms. The van der Waals surface area contributed by atoms with Crippen molar-refractivity contribution in [1.82, 2.24) is 14.9 Å². The smallest absolute Gasteiger partial charge is 0.377 e. The molecule has 2 heterocycles. The molecule has 0 saturated carbocycles. The monoisotopic (exact) mass is 319 g/mol. The quantitative estimate of drug-likeness (QED) is 0.692. The number of hydrogen-bond donors (Lipinski definition) is 0. The number of ether oxygens (including phenoxy) is 1. The van der Waals surface area contributed by atoms with Gasteiger partial charge in [0.1, 0.15) is 23.8 Å². The summed E-state index contributed by atoms with van der Waals surface area (Å²) in [6.07, 6.45) is 1.48. The molecule has 0 unspecified atom stereocenters. The van der Waals surface area contributed by atoms with Gasteiger partial charge in [0.25, 0.3) is 0 Å². The molecule has 0 fully saturated rings. The molecule has 0 saturated heterocycles. The van der Waals surface area contributed by atoms with E-state index in [-0.39, 0.29) is 18.1 Å². The van der Waals surface area contributed by atoms with Crippen molar-refractivity contribution in [3.8, 4) is 5.69 Å². The number of aromatic nitrogens is 3. The van der Waals surface area contributed by atoms with Crippen LogP contribution < -0.4 is 0 Å². The van der Waals surface area contributed by atoms with Crippen LogP contribution in [0.15, 0.2) is 41.1 Å². The Morgan fingerprint density at radius 3 is 2.83 bits per heavy atom. The van der Waals surface area contributed by atoms with Crippen molar-refractivity contribution in [2.24, 2.45) is 0 Å². The van der Waals surface area contributed by atoms with Crippen LogP contribution in [0.1, 0.15) is 21.9 Å². The van der Waals surface area contributed by atoms with Crippen molar-refractivity contribution in [3.05, 3.63) is 65.3 Å². The Kier molecular flexibility index (Phi) is 3.88. The standard InChI is InChI=1S/C15H11F2N3O3/c1-9-6-14(23-19-9)15(21)22-8-11-4-5-20(18-11)13-3-2-10(16)7-12(13)17/h2-7H,8H2,1H3. The van der Waals surface area contributed by atoms with E-state index in [1.807, 2.05) is 0 Å². The highest BCUT2D eigenvalue weighted by molar-refractivity contribution is 5.86. The number of nitrogens with zero attached hydrogens (tertiary/aromatic N) is 3. The average Bonchev–Trinajstić information content (AvgIpc) is 3.14. The lowest BCUT2D eigenvalue weighted by Crippen LogP contribution is -2.05. The van der Waals surface area contributed by atoms with E-state index >= 15 is 0 Å². The lowest BCUT2D eigenvalue weighted by Gasteiger charge is -2.03. The first-order valence-corrected chi connectivity index (χ1v) is 6.63. The Balaban J connectivity index is 1.69. The lowest BCUT2D eigenvalue weighted by atomic mass is 10.3. The van der Waals surface area contributed by atoms with Crippen molar-refractivity contribution < 1.29 is 22.8 Å². The van der Waals surface area contributed by atoms with Gasteiger partial charge in [0.05, 0.1) is 5.69 Å². The Morgan fingerprint density at radius 1 is 1.30 bits per heavy atom. The van der Waals surface area contributed by atoms with Gasteiger partial charge in [-0.3, -0.25) is 0 Å².